The number of hydrogen-bond donors (Lipinski definition) is 1. The van der Waals surface area contributed by atoms with Crippen LogP contribution < -0.4 is 10.1 Å². The van der Waals surface area contributed by atoms with Crippen molar-refractivity contribution < 1.29 is 13.9 Å². The maximum atomic E-state index is 12.0. The molecule has 0 saturated heterocycles. The molecule has 1 aromatic heterocycles. The summed E-state index contributed by atoms with van der Waals surface area (Å²) in [5.74, 6) is 1.80. The summed E-state index contributed by atoms with van der Waals surface area (Å²) >= 11 is 5.77. The van der Waals surface area contributed by atoms with Crippen LogP contribution in [0.25, 0.3) is 0 Å². The van der Waals surface area contributed by atoms with E-state index in [2.05, 4.69) is 5.32 Å². The van der Waals surface area contributed by atoms with Crippen LogP contribution in [-0.2, 0) is 5.88 Å². The predicted octanol–water partition coefficient (Wildman–Crippen LogP) is 3.83. The Bertz CT molecular complexity index is 651. The van der Waals surface area contributed by atoms with E-state index in [-0.39, 0.29) is 17.8 Å². The summed E-state index contributed by atoms with van der Waals surface area (Å²) in [4.78, 5) is 12.0. The second kappa shape index (κ2) is 7.36. The first kappa shape index (κ1) is 16.4. The van der Waals surface area contributed by atoms with E-state index >= 15 is 0 Å². The molecule has 1 heterocycles. The zero-order chi connectivity index (χ0) is 16.1. The van der Waals surface area contributed by atoms with Gasteiger partial charge in [-0.1, -0.05) is 12.1 Å². The Balaban J connectivity index is 1.87. The lowest BCUT2D eigenvalue weighted by Crippen LogP contribution is -2.33. The molecule has 1 amide bonds. The molecule has 0 radical (unpaired) electrons. The molecule has 0 bridgehead atoms. The van der Waals surface area contributed by atoms with Gasteiger partial charge in [0.15, 0.2) is 5.76 Å². The summed E-state index contributed by atoms with van der Waals surface area (Å²) in [6.07, 6.45) is -0.144. The van der Waals surface area contributed by atoms with Gasteiger partial charge in [-0.3, -0.25) is 4.79 Å². The van der Waals surface area contributed by atoms with Crippen molar-refractivity contribution in [2.75, 3.05) is 6.54 Å². The molecule has 0 fully saturated rings. The van der Waals surface area contributed by atoms with Crippen molar-refractivity contribution in [3.63, 3.8) is 0 Å². The average Bonchev–Trinajstić information content (AvgIpc) is 2.86. The minimum Gasteiger partial charge on any atom is -0.489 e. The normalized spacial score (nSPS) is 12.0. The van der Waals surface area contributed by atoms with Crippen molar-refractivity contribution in [2.45, 2.75) is 32.8 Å². The Morgan fingerprint density at radius 3 is 2.77 bits per heavy atom. The molecule has 0 saturated carbocycles. The molecule has 1 unspecified atom stereocenters. The van der Waals surface area contributed by atoms with Crippen LogP contribution in [0.1, 0.15) is 34.4 Å². The van der Waals surface area contributed by atoms with Crippen LogP contribution in [0, 0.1) is 13.8 Å². The van der Waals surface area contributed by atoms with Gasteiger partial charge in [-0.2, -0.15) is 0 Å². The molecule has 1 N–H and O–H groups in total. The number of carbonyl (C=O) groups excluding carboxylic acids is 1. The third-order valence-electron chi connectivity index (χ3n) is 3.27. The minimum absolute atomic E-state index is 0.144. The molecule has 22 heavy (non-hydrogen) atoms. The van der Waals surface area contributed by atoms with Gasteiger partial charge in [0.1, 0.15) is 17.6 Å². The number of furan rings is 1. The Kier molecular flexibility index (Phi) is 5.50. The molecule has 4 nitrogen and oxygen atoms in total. The minimum atomic E-state index is -0.265. The monoisotopic (exact) mass is 321 g/mol. The highest BCUT2D eigenvalue weighted by atomic mass is 35.5. The fourth-order valence-electron chi connectivity index (χ4n) is 2.05. The van der Waals surface area contributed by atoms with E-state index in [1.165, 1.54) is 0 Å². The molecule has 0 aliphatic rings. The Hall–Kier alpha value is -1.94. The molecule has 118 valence electrons. The van der Waals surface area contributed by atoms with Gasteiger partial charge in [0.2, 0.25) is 0 Å². The number of nitrogens with one attached hydrogen (secondary N) is 1. The molecule has 0 aliphatic heterocycles. The van der Waals surface area contributed by atoms with Gasteiger partial charge in [-0.05, 0) is 44.5 Å². The molecule has 2 rings (SSSR count). The number of alkyl halides is 1. The van der Waals surface area contributed by atoms with Crippen LogP contribution in [0.15, 0.2) is 34.7 Å². The van der Waals surface area contributed by atoms with Crippen molar-refractivity contribution in [3.8, 4) is 5.75 Å². The fraction of sp³-hybridized carbons (Fsp3) is 0.353. The van der Waals surface area contributed by atoms with Crippen LogP contribution in [0.3, 0.4) is 0 Å². The van der Waals surface area contributed by atoms with Gasteiger partial charge >= 0.3 is 0 Å². The molecule has 1 atom stereocenters. The van der Waals surface area contributed by atoms with E-state index in [1.807, 2.05) is 38.1 Å². The SMILES string of the molecule is Cc1cccc(OC(C)CNC(=O)c2cc(CCl)c(C)o2)c1. The number of carbonyl (C=O) groups is 1. The summed E-state index contributed by atoms with van der Waals surface area (Å²) in [5, 5.41) is 2.80. The van der Waals surface area contributed by atoms with E-state index in [0.29, 0.717) is 18.2 Å². The molecule has 2 aromatic rings. The number of benzene rings is 1. The lowest BCUT2D eigenvalue weighted by Gasteiger charge is -2.15. The number of rotatable bonds is 6. The average molecular weight is 322 g/mol. The van der Waals surface area contributed by atoms with Gasteiger partial charge in [-0.15, -0.1) is 11.6 Å². The Labute approximate surface area is 135 Å². The van der Waals surface area contributed by atoms with E-state index in [0.717, 1.165) is 16.9 Å². The lowest BCUT2D eigenvalue weighted by molar-refractivity contribution is 0.0903. The highest BCUT2D eigenvalue weighted by Gasteiger charge is 2.15. The molecule has 0 spiro atoms. The van der Waals surface area contributed by atoms with Gasteiger partial charge in [0.05, 0.1) is 12.4 Å². The first-order chi connectivity index (χ1) is 10.5. The second-order valence-electron chi connectivity index (χ2n) is 5.28. The van der Waals surface area contributed by atoms with Crippen molar-refractivity contribution in [3.05, 3.63) is 53.0 Å². The first-order valence-corrected chi connectivity index (χ1v) is 7.70. The van der Waals surface area contributed by atoms with E-state index in [1.54, 1.807) is 13.0 Å². The van der Waals surface area contributed by atoms with Crippen molar-refractivity contribution >= 4 is 17.5 Å². The fourth-order valence-corrected chi connectivity index (χ4v) is 2.32. The molecule has 5 heteroatoms. The van der Waals surface area contributed by atoms with E-state index in [4.69, 9.17) is 20.8 Å². The summed E-state index contributed by atoms with van der Waals surface area (Å²) < 4.78 is 11.2. The number of amides is 1. The van der Waals surface area contributed by atoms with Crippen LogP contribution in [0.4, 0.5) is 0 Å². The summed E-state index contributed by atoms with van der Waals surface area (Å²) in [6, 6.07) is 9.47. The number of ether oxygens (including phenoxy) is 1. The van der Waals surface area contributed by atoms with Gasteiger partial charge < -0.3 is 14.5 Å². The van der Waals surface area contributed by atoms with Crippen molar-refractivity contribution in [2.24, 2.45) is 0 Å². The summed E-state index contributed by atoms with van der Waals surface area (Å²) in [5.41, 5.74) is 1.96. The predicted molar refractivity (Wildman–Crippen MR) is 86.6 cm³/mol. The quantitative estimate of drug-likeness (QED) is 0.823. The van der Waals surface area contributed by atoms with Crippen LogP contribution in [0.2, 0.25) is 0 Å². The van der Waals surface area contributed by atoms with Crippen LogP contribution in [-0.4, -0.2) is 18.6 Å². The standard InChI is InChI=1S/C17H20ClNO3/c1-11-5-4-6-15(7-11)21-12(2)10-19-17(20)16-8-14(9-18)13(3)22-16/h4-8,12H,9-10H2,1-3H3,(H,19,20). The maximum Gasteiger partial charge on any atom is 0.287 e. The number of halogens is 1. The summed E-state index contributed by atoms with van der Waals surface area (Å²) in [6.45, 7) is 6.09. The smallest absolute Gasteiger partial charge is 0.287 e. The van der Waals surface area contributed by atoms with Gasteiger partial charge in [0, 0.05) is 5.56 Å². The summed E-state index contributed by atoms with van der Waals surface area (Å²) in [7, 11) is 0. The number of hydrogen-bond acceptors (Lipinski definition) is 3. The number of aryl methyl sites for hydroxylation is 2. The third kappa shape index (κ3) is 4.28. The Morgan fingerprint density at radius 1 is 1.36 bits per heavy atom. The van der Waals surface area contributed by atoms with Crippen LogP contribution in [0.5, 0.6) is 5.75 Å². The zero-order valence-corrected chi connectivity index (χ0v) is 13.7. The molecule has 0 aliphatic carbocycles. The molecule has 1 aromatic carbocycles. The van der Waals surface area contributed by atoms with Gasteiger partial charge in [-0.25, -0.2) is 0 Å². The third-order valence-corrected chi connectivity index (χ3v) is 3.55. The molecular formula is C17H20ClNO3. The van der Waals surface area contributed by atoms with Crippen LogP contribution >= 0.6 is 11.6 Å². The maximum absolute atomic E-state index is 12.0. The van der Waals surface area contributed by atoms with Gasteiger partial charge in [0.25, 0.3) is 5.91 Å². The van der Waals surface area contributed by atoms with Crippen molar-refractivity contribution in [1.29, 1.82) is 0 Å². The first-order valence-electron chi connectivity index (χ1n) is 7.16. The van der Waals surface area contributed by atoms with E-state index < -0.39 is 0 Å². The topological polar surface area (TPSA) is 51.5 Å². The highest BCUT2D eigenvalue weighted by molar-refractivity contribution is 6.17. The van der Waals surface area contributed by atoms with E-state index in [9.17, 15) is 4.79 Å². The zero-order valence-electron chi connectivity index (χ0n) is 13.0. The molecular weight excluding hydrogens is 302 g/mol. The largest absolute Gasteiger partial charge is 0.489 e. The highest BCUT2D eigenvalue weighted by Crippen LogP contribution is 2.17. The lowest BCUT2D eigenvalue weighted by atomic mass is 10.2. The van der Waals surface area contributed by atoms with Crippen molar-refractivity contribution in [1.82, 2.24) is 5.32 Å². The Morgan fingerprint density at radius 2 is 2.14 bits per heavy atom. The second-order valence-corrected chi connectivity index (χ2v) is 5.55.